The summed E-state index contributed by atoms with van der Waals surface area (Å²) in [6, 6.07) is 7.00. The third kappa shape index (κ3) is 2.50. The average molecular weight is 408 g/mol. The summed E-state index contributed by atoms with van der Waals surface area (Å²) in [5, 5.41) is 2.75. The van der Waals surface area contributed by atoms with Crippen LogP contribution < -0.4 is 16.2 Å². The predicted molar refractivity (Wildman–Crippen MR) is 117 cm³/mol. The number of nitrogen functional groups attached to an aromatic ring is 1. The second-order valence-corrected chi connectivity index (χ2v) is 8.92. The summed E-state index contributed by atoms with van der Waals surface area (Å²) >= 11 is 1.46. The molecule has 0 saturated carbocycles. The number of hydrogen-bond donors (Lipinski definition) is 3. The molecule has 29 heavy (non-hydrogen) atoms. The molecule has 0 spiro atoms. The van der Waals surface area contributed by atoms with Crippen LogP contribution >= 0.6 is 11.3 Å². The number of nitrogens with two attached hydrogens (primary N) is 1. The first-order valence-electron chi connectivity index (χ1n) is 9.81. The Morgan fingerprint density at radius 3 is 2.79 bits per heavy atom. The molecule has 3 aliphatic rings. The van der Waals surface area contributed by atoms with Crippen LogP contribution in [-0.2, 0) is 0 Å². The Hall–Kier alpha value is -2.91. The van der Waals surface area contributed by atoms with Gasteiger partial charge in [0.25, 0.3) is 5.56 Å². The first-order chi connectivity index (χ1) is 14.1. The molecule has 2 unspecified atom stereocenters. The fourth-order valence-electron chi connectivity index (χ4n) is 4.76. The summed E-state index contributed by atoms with van der Waals surface area (Å²) in [6.07, 6.45) is 2.46. The Bertz CT molecular complexity index is 1310. The van der Waals surface area contributed by atoms with Crippen molar-refractivity contribution in [3.05, 3.63) is 33.9 Å². The van der Waals surface area contributed by atoms with E-state index in [0.717, 1.165) is 34.6 Å². The monoisotopic (exact) mass is 407 g/mol. The smallest absolute Gasteiger partial charge is 0.262 e. The van der Waals surface area contributed by atoms with Crippen LogP contribution in [0.15, 0.2) is 28.4 Å². The SMILES string of the molecule is CN1CC2CCC1CN2c1ccc2nc(-c3c(N)c4ccsc4[nH]c3=O)[nH]c2n1. The van der Waals surface area contributed by atoms with Crippen LogP contribution in [0.4, 0.5) is 11.5 Å². The van der Waals surface area contributed by atoms with Crippen molar-refractivity contribution in [3.63, 3.8) is 0 Å². The lowest BCUT2D eigenvalue weighted by Gasteiger charge is -2.50. The van der Waals surface area contributed by atoms with Gasteiger partial charge in [0, 0.05) is 30.6 Å². The number of nitrogens with one attached hydrogen (secondary N) is 2. The maximum Gasteiger partial charge on any atom is 0.262 e. The van der Waals surface area contributed by atoms with Crippen LogP contribution in [0.1, 0.15) is 12.8 Å². The van der Waals surface area contributed by atoms with Gasteiger partial charge < -0.3 is 20.6 Å². The van der Waals surface area contributed by atoms with E-state index in [1.54, 1.807) is 0 Å². The highest BCUT2D eigenvalue weighted by Crippen LogP contribution is 2.33. The fourth-order valence-corrected chi connectivity index (χ4v) is 5.55. The minimum absolute atomic E-state index is 0.242. The lowest BCUT2D eigenvalue weighted by molar-refractivity contribution is 0.124. The van der Waals surface area contributed by atoms with Gasteiger partial charge in [-0.15, -0.1) is 11.3 Å². The van der Waals surface area contributed by atoms with Crippen molar-refractivity contribution < 1.29 is 0 Å². The van der Waals surface area contributed by atoms with E-state index in [4.69, 9.17) is 10.7 Å². The minimum Gasteiger partial charge on any atom is -0.397 e. The zero-order chi connectivity index (χ0) is 19.7. The summed E-state index contributed by atoms with van der Waals surface area (Å²) in [5.74, 6) is 1.42. The van der Waals surface area contributed by atoms with Crippen LogP contribution in [0, 0.1) is 0 Å². The molecule has 148 valence electrons. The fraction of sp³-hybridized carbons (Fsp3) is 0.350. The summed E-state index contributed by atoms with van der Waals surface area (Å²) in [7, 11) is 2.21. The third-order valence-electron chi connectivity index (χ3n) is 6.34. The molecule has 0 amide bonds. The molecule has 8 nitrogen and oxygen atoms in total. The highest BCUT2D eigenvalue weighted by molar-refractivity contribution is 7.16. The number of rotatable bonds is 2. The molecule has 0 aliphatic carbocycles. The van der Waals surface area contributed by atoms with Crippen molar-refractivity contribution >= 4 is 44.2 Å². The van der Waals surface area contributed by atoms with Gasteiger partial charge in [0.2, 0.25) is 0 Å². The van der Waals surface area contributed by atoms with E-state index >= 15 is 0 Å². The number of piperidine rings is 2. The van der Waals surface area contributed by atoms with E-state index in [-0.39, 0.29) is 5.56 Å². The molecule has 7 rings (SSSR count). The maximum absolute atomic E-state index is 12.6. The van der Waals surface area contributed by atoms with Gasteiger partial charge in [-0.2, -0.15) is 0 Å². The largest absolute Gasteiger partial charge is 0.397 e. The number of aromatic nitrogens is 4. The first-order valence-corrected chi connectivity index (χ1v) is 10.7. The van der Waals surface area contributed by atoms with Gasteiger partial charge in [-0.3, -0.25) is 9.69 Å². The standard InChI is InChI=1S/C20H21N7OS/c1-26-8-11-3-2-10(26)9-27(11)14-5-4-13-17(23-14)24-18(22-13)15-16(21)12-6-7-29-20(12)25-19(15)28/h4-7,10-11H,2-3,8-9H2,1H3,(H3,21,25,28)(H,22,23,24). The van der Waals surface area contributed by atoms with Crippen LogP contribution in [-0.4, -0.2) is 57.1 Å². The van der Waals surface area contributed by atoms with Crippen LogP contribution in [0.3, 0.4) is 0 Å². The number of nitrogens with zero attached hydrogens (tertiary/aromatic N) is 4. The number of thiophene rings is 1. The van der Waals surface area contributed by atoms with Gasteiger partial charge in [-0.25, -0.2) is 9.97 Å². The van der Waals surface area contributed by atoms with E-state index in [1.165, 1.54) is 24.2 Å². The van der Waals surface area contributed by atoms with Gasteiger partial charge in [0.1, 0.15) is 27.6 Å². The molecule has 2 atom stereocenters. The lowest BCUT2D eigenvalue weighted by atomic mass is 9.91. The summed E-state index contributed by atoms with van der Waals surface area (Å²) in [4.78, 5) is 33.8. The molecular formula is C20H21N7OS. The maximum atomic E-state index is 12.6. The first kappa shape index (κ1) is 17.0. The Labute approximate surface area is 170 Å². The molecule has 3 aliphatic heterocycles. The van der Waals surface area contributed by atoms with Crippen molar-refractivity contribution in [3.8, 4) is 11.4 Å². The molecule has 7 heterocycles. The van der Waals surface area contributed by atoms with E-state index in [1.807, 2.05) is 23.6 Å². The third-order valence-corrected chi connectivity index (χ3v) is 7.17. The Balaban J connectivity index is 1.43. The van der Waals surface area contributed by atoms with Gasteiger partial charge in [0.15, 0.2) is 5.65 Å². The lowest BCUT2D eigenvalue weighted by Crippen LogP contribution is -2.61. The molecule has 4 aromatic heterocycles. The van der Waals surface area contributed by atoms with Gasteiger partial charge in [-0.05, 0) is 43.5 Å². The molecule has 9 heteroatoms. The zero-order valence-electron chi connectivity index (χ0n) is 16.0. The van der Waals surface area contributed by atoms with Crippen LogP contribution in [0.5, 0.6) is 0 Å². The van der Waals surface area contributed by atoms with E-state index in [9.17, 15) is 4.79 Å². The number of hydrogen-bond acceptors (Lipinski definition) is 7. The second kappa shape index (κ2) is 6.04. The number of aromatic amines is 2. The second-order valence-electron chi connectivity index (χ2n) is 8.01. The predicted octanol–water partition coefficient (Wildman–Crippen LogP) is 2.39. The van der Waals surface area contributed by atoms with Gasteiger partial charge in [-0.1, -0.05) is 0 Å². The van der Waals surface area contributed by atoms with Crippen LogP contribution in [0.2, 0.25) is 0 Å². The minimum atomic E-state index is -0.242. The van der Waals surface area contributed by atoms with Crippen molar-refractivity contribution in [1.82, 2.24) is 24.8 Å². The number of likely N-dealkylation sites (N-methyl/N-ethyl adjacent to an activating group) is 1. The molecular weight excluding hydrogens is 386 g/mol. The molecule has 2 bridgehead atoms. The Morgan fingerprint density at radius 2 is 2.00 bits per heavy atom. The van der Waals surface area contributed by atoms with E-state index in [2.05, 4.69) is 31.8 Å². The van der Waals surface area contributed by atoms with E-state index in [0.29, 0.717) is 34.8 Å². The van der Waals surface area contributed by atoms with Crippen molar-refractivity contribution in [1.29, 1.82) is 0 Å². The molecule has 0 radical (unpaired) electrons. The number of imidazole rings is 1. The average Bonchev–Trinajstić information content (AvgIpc) is 3.34. The molecule has 3 saturated heterocycles. The quantitative estimate of drug-likeness (QED) is 0.471. The number of piperazine rings is 1. The Kier molecular flexibility index (Phi) is 3.54. The zero-order valence-corrected chi connectivity index (χ0v) is 16.8. The number of pyridine rings is 2. The van der Waals surface area contributed by atoms with Crippen molar-refractivity contribution in [2.45, 2.75) is 24.9 Å². The summed E-state index contributed by atoms with van der Waals surface area (Å²) < 4.78 is 0. The number of anilines is 2. The normalized spacial score (nSPS) is 22.2. The van der Waals surface area contributed by atoms with Gasteiger partial charge >= 0.3 is 0 Å². The Morgan fingerprint density at radius 1 is 1.14 bits per heavy atom. The molecule has 4 aromatic rings. The molecule has 3 fully saturated rings. The molecule has 0 aromatic carbocycles. The summed E-state index contributed by atoms with van der Waals surface area (Å²) in [5.41, 5.74) is 8.29. The van der Waals surface area contributed by atoms with Crippen molar-refractivity contribution in [2.75, 3.05) is 30.8 Å². The van der Waals surface area contributed by atoms with Crippen molar-refractivity contribution in [2.24, 2.45) is 0 Å². The van der Waals surface area contributed by atoms with E-state index < -0.39 is 0 Å². The molecule has 4 N–H and O–H groups in total. The number of H-pyrrole nitrogens is 2. The highest BCUT2D eigenvalue weighted by Gasteiger charge is 2.37. The summed E-state index contributed by atoms with van der Waals surface area (Å²) in [6.45, 7) is 2.08. The number of fused-ring (bicyclic) bond motifs is 5. The topological polar surface area (TPSA) is 107 Å². The highest BCUT2D eigenvalue weighted by atomic mass is 32.1. The van der Waals surface area contributed by atoms with Crippen LogP contribution in [0.25, 0.3) is 32.8 Å². The van der Waals surface area contributed by atoms with Gasteiger partial charge in [0.05, 0.1) is 5.69 Å².